The molecule has 1 saturated heterocycles. The third-order valence-corrected chi connectivity index (χ3v) is 4.29. The minimum absolute atomic E-state index is 0.866. The summed E-state index contributed by atoms with van der Waals surface area (Å²) in [7, 11) is 0. The first-order valence-corrected chi connectivity index (χ1v) is 7.23. The van der Waals surface area contributed by atoms with Crippen molar-refractivity contribution in [3.63, 3.8) is 0 Å². The van der Waals surface area contributed by atoms with E-state index < -0.39 is 0 Å². The Hall–Kier alpha value is -1.16. The molecule has 2 aromatic rings. The summed E-state index contributed by atoms with van der Waals surface area (Å²) in [4.78, 5) is 3.87. The van der Waals surface area contributed by atoms with Crippen LogP contribution in [0.3, 0.4) is 0 Å². The fourth-order valence-corrected chi connectivity index (χ4v) is 3.23. The fourth-order valence-electron chi connectivity index (χ4n) is 2.30. The van der Waals surface area contributed by atoms with Gasteiger partial charge in [0.2, 0.25) is 0 Å². The van der Waals surface area contributed by atoms with Gasteiger partial charge in [-0.25, -0.2) is 0 Å². The number of thiophene rings is 1. The van der Waals surface area contributed by atoms with Gasteiger partial charge in [-0.15, -0.1) is 11.3 Å². The van der Waals surface area contributed by atoms with Crippen LogP contribution in [0.1, 0.15) is 5.56 Å². The monoisotopic (exact) mass is 259 g/mol. The van der Waals surface area contributed by atoms with E-state index in [2.05, 4.69) is 46.7 Å². The van der Waals surface area contributed by atoms with E-state index in [-0.39, 0.29) is 0 Å². The van der Waals surface area contributed by atoms with Gasteiger partial charge in [0, 0.05) is 24.5 Å². The first-order valence-electron chi connectivity index (χ1n) is 6.35. The third kappa shape index (κ3) is 2.64. The highest BCUT2D eigenvalue weighted by Crippen LogP contribution is 2.30. The molecule has 1 aromatic carbocycles. The predicted octanol–water partition coefficient (Wildman–Crippen LogP) is 3.25. The molecule has 3 rings (SSSR count). The first kappa shape index (κ1) is 11.9. The van der Waals surface area contributed by atoms with Crippen molar-refractivity contribution in [2.75, 3.05) is 26.3 Å². The lowest BCUT2D eigenvalue weighted by Crippen LogP contribution is -2.35. The Morgan fingerprint density at radius 2 is 1.83 bits per heavy atom. The van der Waals surface area contributed by atoms with E-state index in [9.17, 15) is 0 Å². The Bertz CT molecular complexity index is 488. The molecule has 0 N–H and O–H groups in total. The summed E-state index contributed by atoms with van der Waals surface area (Å²) in [5.74, 6) is 0. The number of ether oxygens (including phenoxy) is 1. The quantitative estimate of drug-likeness (QED) is 0.839. The van der Waals surface area contributed by atoms with Crippen molar-refractivity contribution < 1.29 is 4.74 Å². The van der Waals surface area contributed by atoms with E-state index in [1.165, 1.54) is 16.0 Å². The maximum Gasteiger partial charge on any atom is 0.0594 e. The first-order chi connectivity index (χ1) is 8.93. The van der Waals surface area contributed by atoms with Crippen molar-refractivity contribution in [1.82, 2.24) is 4.90 Å². The smallest absolute Gasteiger partial charge is 0.0594 e. The second kappa shape index (κ2) is 5.65. The van der Waals surface area contributed by atoms with E-state index in [0.29, 0.717) is 0 Å². The molecular formula is C15H17NOS. The van der Waals surface area contributed by atoms with Crippen LogP contribution in [0, 0.1) is 0 Å². The number of nitrogens with zero attached hydrogens (tertiary/aromatic N) is 1. The van der Waals surface area contributed by atoms with Crippen LogP contribution < -0.4 is 0 Å². The molecule has 1 fully saturated rings. The van der Waals surface area contributed by atoms with Crippen LogP contribution in [0.15, 0.2) is 41.8 Å². The Kier molecular flexibility index (Phi) is 3.74. The average molecular weight is 259 g/mol. The van der Waals surface area contributed by atoms with Crippen molar-refractivity contribution in [3.05, 3.63) is 47.3 Å². The van der Waals surface area contributed by atoms with Crippen molar-refractivity contribution in [1.29, 1.82) is 0 Å². The third-order valence-electron chi connectivity index (χ3n) is 3.28. The Morgan fingerprint density at radius 3 is 2.61 bits per heavy atom. The van der Waals surface area contributed by atoms with Gasteiger partial charge in [0.15, 0.2) is 0 Å². The molecule has 18 heavy (non-hydrogen) atoms. The van der Waals surface area contributed by atoms with Crippen molar-refractivity contribution >= 4 is 11.3 Å². The molecule has 0 amide bonds. The average Bonchev–Trinajstić information content (AvgIpc) is 2.89. The van der Waals surface area contributed by atoms with Crippen LogP contribution in [-0.4, -0.2) is 31.2 Å². The summed E-state index contributed by atoms with van der Waals surface area (Å²) in [6, 6.07) is 12.9. The zero-order valence-electron chi connectivity index (χ0n) is 10.3. The summed E-state index contributed by atoms with van der Waals surface area (Å²) in [6.07, 6.45) is 0. The zero-order chi connectivity index (χ0) is 12.2. The lowest BCUT2D eigenvalue weighted by molar-refractivity contribution is 0.0343. The molecule has 0 unspecified atom stereocenters. The molecule has 0 radical (unpaired) electrons. The van der Waals surface area contributed by atoms with Gasteiger partial charge in [0.05, 0.1) is 13.2 Å². The van der Waals surface area contributed by atoms with Gasteiger partial charge in [0.25, 0.3) is 0 Å². The number of hydrogen-bond donors (Lipinski definition) is 0. The lowest BCUT2D eigenvalue weighted by Gasteiger charge is -2.26. The Morgan fingerprint density at radius 1 is 1.06 bits per heavy atom. The summed E-state index contributed by atoms with van der Waals surface area (Å²) in [5, 5.41) is 2.19. The number of rotatable bonds is 3. The second-order valence-corrected chi connectivity index (χ2v) is 5.45. The molecule has 2 heterocycles. The SMILES string of the molecule is c1ccc(-c2sccc2CN2CCOCC2)cc1. The van der Waals surface area contributed by atoms with Crippen LogP contribution in [0.2, 0.25) is 0 Å². The molecule has 2 nitrogen and oxygen atoms in total. The largest absolute Gasteiger partial charge is 0.379 e. The normalized spacial score (nSPS) is 16.9. The summed E-state index contributed by atoms with van der Waals surface area (Å²) in [6.45, 7) is 4.86. The molecular weight excluding hydrogens is 242 g/mol. The van der Waals surface area contributed by atoms with Crippen LogP contribution in [0.5, 0.6) is 0 Å². The molecule has 0 spiro atoms. The summed E-state index contributed by atoms with van der Waals surface area (Å²) >= 11 is 1.83. The van der Waals surface area contributed by atoms with Crippen LogP contribution in [0.25, 0.3) is 10.4 Å². The van der Waals surface area contributed by atoms with E-state index in [1.807, 2.05) is 11.3 Å². The molecule has 0 bridgehead atoms. The zero-order valence-corrected chi connectivity index (χ0v) is 11.2. The van der Waals surface area contributed by atoms with Crippen molar-refractivity contribution in [2.45, 2.75) is 6.54 Å². The number of hydrogen-bond acceptors (Lipinski definition) is 3. The maximum atomic E-state index is 5.39. The molecule has 0 saturated carbocycles. The second-order valence-electron chi connectivity index (χ2n) is 4.53. The summed E-state index contributed by atoms with van der Waals surface area (Å²) < 4.78 is 5.39. The Balaban J connectivity index is 1.79. The number of morpholine rings is 1. The highest BCUT2D eigenvalue weighted by Gasteiger charge is 2.14. The molecule has 3 heteroatoms. The minimum atomic E-state index is 0.866. The van der Waals surface area contributed by atoms with Gasteiger partial charge in [-0.3, -0.25) is 4.90 Å². The maximum absolute atomic E-state index is 5.39. The molecule has 0 atom stereocenters. The lowest BCUT2D eigenvalue weighted by atomic mass is 10.1. The van der Waals surface area contributed by atoms with Crippen LogP contribution in [0.4, 0.5) is 0 Å². The fraction of sp³-hybridized carbons (Fsp3) is 0.333. The van der Waals surface area contributed by atoms with Gasteiger partial charge in [-0.2, -0.15) is 0 Å². The van der Waals surface area contributed by atoms with Gasteiger partial charge in [-0.1, -0.05) is 30.3 Å². The van der Waals surface area contributed by atoms with E-state index in [4.69, 9.17) is 4.74 Å². The molecule has 0 aliphatic carbocycles. The highest BCUT2D eigenvalue weighted by molar-refractivity contribution is 7.13. The van der Waals surface area contributed by atoms with Crippen molar-refractivity contribution in [3.8, 4) is 10.4 Å². The molecule has 1 aliphatic rings. The van der Waals surface area contributed by atoms with Gasteiger partial charge >= 0.3 is 0 Å². The van der Waals surface area contributed by atoms with E-state index in [1.54, 1.807) is 0 Å². The Labute approximate surface area is 112 Å². The molecule has 94 valence electrons. The molecule has 1 aliphatic heterocycles. The van der Waals surface area contributed by atoms with E-state index >= 15 is 0 Å². The number of benzene rings is 1. The molecule has 1 aromatic heterocycles. The van der Waals surface area contributed by atoms with Gasteiger partial charge in [0.1, 0.15) is 0 Å². The van der Waals surface area contributed by atoms with Gasteiger partial charge < -0.3 is 4.74 Å². The predicted molar refractivity (Wildman–Crippen MR) is 75.9 cm³/mol. The summed E-state index contributed by atoms with van der Waals surface area (Å²) in [5.41, 5.74) is 2.77. The van der Waals surface area contributed by atoms with Crippen molar-refractivity contribution in [2.24, 2.45) is 0 Å². The minimum Gasteiger partial charge on any atom is -0.379 e. The highest BCUT2D eigenvalue weighted by atomic mass is 32.1. The topological polar surface area (TPSA) is 12.5 Å². The van der Waals surface area contributed by atoms with E-state index in [0.717, 1.165) is 32.8 Å². The standard InChI is InChI=1S/C15H17NOS/c1-2-4-13(5-3-1)15-14(6-11-18-15)12-16-7-9-17-10-8-16/h1-6,11H,7-10,12H2. The van der Waals surface area contributed by atoms with Crippen LogP contribution >= 0.6 is 11.3 Å². The van der Waals surface area contributed by atoms with Gasteiger partial charge in [-0.05, 0) is 22.6 Å². The van der Waals surface area contributed by atoms with Crippen LogP contribution in [-0.2, 0) is 11.3 Å².